The number of aliphatic carboxylic acids is 1. The Morgan fingerprint density at radius 2 is 1.76 bits per heavy atom. The highest BCUT2D eigenvalue weighted by atomic mass is 35.5. The molecule has 172 valence electrons. The van der Waals surface area contributed by atoms with Crippen LogP contribution in [0.1, 0.15) is 34.5 Å². The number of nitrogens with zero attached hydrogens (tertiary/aromatic N) is 1. The van der Waals surface area contributed by atoms with Crippen LogP contribution < -0.4 is 10.1 Å². The van der Waals surface area contributed by atoms with E-state index in [1.165, 1.54) is 12.1 Å². The molecule has 1 amide bonds. The van der Waals surface area contributed by atoms with Gasteiger partial charge >= 0.3 is 5.97 Å². The van der Waals surface area contributed by atoms with Gasteiger partial charge in [-0.2, -0.15) is 0 Å². The molecule has 0 unspecified atom stereocenters. The number of rotatable bonds is 11. The number of hydrogen-bond acceptors (Lipinski definition) is 4. The molecule has 0 saturated carbocycles. The van der Waals surface area contributed by atoms with Crippen LogP contribution >= 0.6 is 23.2 Å². The molecular formula is C25H24Cl2N2O4. The summed E-state index contributed by atoms with van der Waals surface area (Å²) < 4.78 is 5.82. The van der Waals surface area contributed by atoms with E-state index in [4.69, 9.17) is 27.9 Å². The molecule has 6 nitrogen and oxygen atoms in total. The minimum atomic E-state index is -1.16. The summed E-state index contributed by atoms with van der Waals surface area (Å²) >= 11 is 12.1. The van der Waals surface area contributed by atoms with Crippen molar-refractivity contribution in [3.05, 3.63) is 93.7 Å². The Kier molecular flexibility index (Phi) is 9.10. The number of pyridine rings is 1. The number of aryl methyl sites for hydroxylation is 1. The Hall–Kier alpha value is -3.09. The highest BCUT2D eigenvalue weighted by Crippen LogP contribution is 2.24. The lowest BCUT2D eigenvalue weighted by Crippen LogP contribution is -2.42. The van der Waals surface area contributed by atoms with Gasteiger partial charge in [-0.15, -0.1) is 0 Å². The zero-order valence-corrected chi connectivity index (χ0v) is 19.4. The zero-order chi connectivity index (χ0) is 23.6. The Balaban J connectivity index is 1.54. The van der Waals surface area contributed by atoms with E-state index < -0.39 is 17.9 Å². The maximum Gasteiger partial charge on any atom is 0.326 e. The number of carboxylic acid groups (broad SMARTS) is 1. The number of carboxylic acids is 1. The number of ether oxygens (including phenoxy) is 1. The zero-order valence-electron chi connectivity index (χ0n) is 17.8. The average molecular weight is 487 g/mol. The van der Waals surface area contributed by atoms with Crippen LogP contribution in [-0.2, 0) is 17.6 Å². The first-order valence-electron chi connectivity index (χ1n) is 10.5. The monoisotopic (exact) mass is 486 g/mol. The van der Waals surface area contributed by atoms with Crippen molar-refractivity contribution in [3.8, 4) is 5.75 Å². The van der Waals surface area contributed by atoms with Gasteiger partial charge < -0.3 is 15.2 Å². The van der Waals surface area contributed by atoms with Gasteiger partial charge in [-0.05, 0) is 61.2 Å². The van der Waals surface area contributed by atoms with Crippen molar-refractivity contribution in [2.75, 3.05) is 6.61 Å². The maximum atomic E-state index is 12.6. The van der Waals surface area contributed by atoms with E-state index in [0.29, 0.717) is 12.4 Å². The molecule has 0 spiro atoms. The topological polar surface area (TPSA) is 88.5 Å². The Morgan fingerprint density at radius 3 is 2.45 bits per heavy atom. The standard InChI is InChI=1S/C25H24Cl2N2O4/c26-20-11-6-12-21(27)23(20)24(30)29-22(25(31)32)16-17-7-5-10-19(15-17)33-14-4-2-9-18-8-1-3-13-28-18/h1,3,5-8,10-13,15,22H,2,4,9,14,16H2,(H,29,30)(H,31,32)/t22-/m0/s1. The lowest BCUT2D eigenvalue weighted by atomic mass is 10.0. The van der Waals surface area contributed by atoms with E-state index in [1.807, 2.05) is 24.3 Å². The quantitative estimate of drug-likeness (QED) is 0.363. The number of aromatic nitrogens is 1. The third kappa shape index (κ3) is 7.48. The van der Waals surface area contributed by atoms with Gasteiger partial charge in [0.1, 0.15) is 11.8 Å². The molecule has 8 heteroatoms. The van der Waals surface area contributed by atoms with E-state index >= 15 is 0 Å². The molecule has 0 aliphatic heterocycles. The van der Waals surface area contributed by atoms with Gasteiger partial charge in [0.15, 0.2) is 0 Å². The number of halogens is 2. The molecule has 0 aliphatic carbocycles. The molecule has 0 aliphatic rings. The second-order valence-electron chi connectivity index (χ2n) is 7.44. The summed E-state index contributed by atoms with van der Waals surface area (Å²) in [6.45, 7) is 0.542. The van der Waals surface area contributed by atoms with Crippen LogP contribution in [0.25, 0.3) is 0 Å². The van der Waals surface area contributed by atoms with Crippen molar-refractivity contribution in [1.29, 1.82) is 0 Å². The molecule has 3 rings (SSSR count). The van der Waals surface area contributed by atoms with Crippen LogP contribution in [-0.4, -0.2) is 34.6 Å². The summed E-state index contributed by atoms with van der Waals surface area (Å²) in [6, 6.07) is 16.6. The summed E-state index contributed by atoms with van der Waals surface area (Å²) in [6.07, 6.45) is 4.58. The lowest BCUT2D eigenvalue weighted by Gasteiger charge is -2.16. The van der Waals surface area contributed by atoms with Crippen molar-refractivity contribution in [3.63, 3.8) is 0 Å². The normalized spacial score (nSPS) is 11.6. The number of amides is 1. The third-order valence-corrected chi connectivity index (χ3v) is 5.58. The lowest BCUT2D eigenvalue weighted by molar-refractivity contribution is -0.139. The first kappa shape index (κ1) is 24.6. The molecular weight excluding hydrogens is 463 g/mol. The summed E-state index contributed by atoms with van der Waals surface area (Å²) in [5, 5.41) is 12.4. The molecule has 1 heterocycles. The van der Waals surface area contributed by atoms with Gasteiger partial charge in [0, 0.05) is 18.3 Å². The number of unbranched alkanes of at least 4 members (excludes halogenated alkanes) is 1. The van der Waals surface area contributed by atoms with Crippen LogP contribution in [0.15, 0.2) is 66.9 Å². The molecule has 33 heavy (non-hydrogen) atoms. The molecule has 2 aromatic carbocycles. The minimum Gasteiger partial charge on any atom is -0.494 e. The van der Waals surface area contributed by atoms with Crippen LogP contribution in [0.3, 0.4) is 0 Å². The first-order valence-corrected chi connectivity index (χ1v) is 11.3. The molecule has 1 atom stereocenters. The molecule has 1 aromatic heterocycles. The van der Waals surface area contributed by atoms with E-state index in [1.54, 1.807) is 30.5 Å². The van der Waals surface area contributed by atoms with Gasteiger partial charge in [0.25, 0.3) is 5.91 Å². The Morgan fingerprint density at radius 1 is 1.00 bits per heavy atom. The second kappa shape index (κ2) is 12.2. The van der Waals surface area contributed by atoms with Crippen molar-refractivity contribution in [2.45, 2.75) is 31.7 Å². The fourth-order valence-corrected chi connectivity index (χ4v) is 3.86. The van der Waals surface area contributed by atoms with Crippen molar-refractivity contribution < 1.29 is 19.4 Å². The van der Waals surface area contributed by atoms with E-state index in [-0.39, 0.29) is 22.0 Å². The van der Waals surface area contributed by atoms with Gasteiger partial charge in [-0.3, -0.25) is 9.78 Å². The van der Waals surface area contributed by atoms with Crippen molar-refractivity contribution in [2.24, 2.45) is 0 Å². The maximum absolute atomic E-state index is 12.6. The second-order valence-corrected chi connectivity index (χ2v) is 8.25. The summed E-state index contributed by atoms with van der Waals surface area (Å²) in [5.74, 6) is -1.15. The first-order chi connectivity index (χ1) is 15.9. The molecule has 0 fully saturated rings. The third-order valence-electron chi connectivity index (χ3n) is 4.95. The smallest absolute Gasteiger partial charge is 0.326 e. The molecule has 0 saturated heterocycles. The largest absolute Gasteiger partial charge is 0.494 e. The van der Waals surface area contributed by atoms with Gasteiger partial charge in [0.2, 0.25) is 0 Å². The fourth-order valence-electron chi connectivity index (χ4n) is 3.29. The van der Waals surface area contributed by atoms with Crippen molar-refractivity contribution in [1.82, 2.24) is 10.3 Å². The van der Waals surface area contributed by atoms with Gasteiger partial charge in [-0.25, -0.2) is 4.79 Å². The van der Waals surface area contributed by atoms with Crippen LogP contribution in [0.5, 0.6) is 5.75 Å². The summed E-state index contributed by atoms with van der Waals surface area (Å²) in [4.78, 5) is 28.7. The van der Waals surface area contributed by atoms with Gasteiger partial charge in [0.05, 0.1) is 22.2 Å². The molecule has 0 bridgehead atoms. The molecule has 3 aromatic rings. The number of hydrogen-bond donors (Lipinski definition) is 2. The molecule has 2 N–H and O–H groups in total. The number of carbonyl (C=O) groups excluding carboxylic acids is 1. The highest BCUT2D eigenvalue weighted by molar-refractivity contribution is 6.39. The SMILES string of the molecule is O=C(N[C@@H](Cc1cccc(OCCCCc2ccccn2)c1)C(=O)O)c1c(Cl)cccc1Cl. The highest BCUT2D eigenvalue weighted by Gasteiger charge is 2.24. The number of benzene rings is 2. The summed E-state index contributed by atoms with van der Waals surface area (Å²) in [7, 11) is 0. The molecule has 0 radical (unpaired) electrons. The predicted molar refractivity (Wildman–Crippen MR) is 128 cm³/mol. The van der Waals surface area contributed by atoms with E-state index in [0.717, 1.165) is 30.5 Å². The van der Waals surface area contributed by atoms with E-state index in [2.05, 4.69) is 10.3 Å². The van der Waals surface area contributed by atoms with Crippen LogP contribution in [0.2, 0.25) is 10.0 Å². The summed E-state index contributed by atoms with van der Waals surface area (Å²) in [5.41, 5.74) is 1.83. The fraction of sp³-hybridized carbons (Fsp3) is 0.240. The minimum absolute atomic E-state index is 0.0508. The van der Waals surface area contributed by atoms with Crippen LogP contribution in [0.4, 0.5) is 0 Å². The van der Waals surface area contributed by atoms with E-state index in [9.17, 15) is 14.7 Å². The van der Waals surface area contributed by atoms with Gasteiger partial charge in [-0.1, -0.05) is 47.5 Å². The number of nitrogens with one attached hydrogen (secondary N) is 1. The number of carbonyl (C=O) groups is 2. The van der Waals surface area contributed by atoms with Crippen molar-refractivity contribution >= 4 is 35.1 Å². The Labute approximate surface area is 202 Å². The van der Waals surface area contributed by atoms with Crippen LogP contribution in [0, 0.1) is 0 Å². The predicted octanol–water partition coefficient (Wildman–Crippen LogP) is 5.22. The Bertz CT molecular complexity index is 1070. The average Bonchev–Trinajstić information content (AvgIpc) is 2.79.